The highest BCUT2D eigenvalue weighted by Crippen LogP contribution is 2.36. The van der Waals surface area contributed by atoms with E-state index < -0.39 is 9.84 Å². The number of hydrogen-bond donors (Lipinski definition) is 1. The van der Waals surface area contributed by atoms with Crippen LogP contribution in [0, 0.1) is 0 Å². The second kappa shape index (κ2) is 7.74. The lowest BCUT2D eigenvalue weighted by Crippen LogP contribution is -2.05. The molecule has 3 heterocycles. The number of nitrogen functional groups attached to an aromatic ring is 1. The SMILES string of the molecule is COc1cccc(/C=N\n2c(N)c(S(=O)(=O)c3cccs3)c3nc4ccccc4nc32)c1. The van der Waals surface area contributed by atoms with Gasteiger partial charge in [0.05, 0.1) is 24.4 Å². The van der Waals surface area contributed by atoms with E-state index in [1.54, 1.807) is 43.0 Å². The number of thiophene rings is 1. The number of benzene rings is 2. The van der Waals surface area contributed by atoms with Crippen molar-refractivity contribution >= 4 is 55.4 Å². The predicted octanol–water partition coefficient (Wildman–Crippen LogP) is 3.95. The van der Waals surface area contributed by atoms with Crippen LogP contribution in [0.25, 0.3) is 22.2 Å². The molecule has 10 heteroatoms. The summed E-state index contributed by atoms with van der Waals surface area (Å²) in [5, 5.41) is 6.15. The van der Waals surface area contributed by atoms with Gasteiger partial charge in [0.1, 0.15) is 26.2 Å². The largest absolute Gasteiger partial charge is 0.497 e. The molecule has 0 radical (unpaired) electrons. The zero-order valence-corrected chi connectivity index (χ0v) is 18.5. The van der Waals surface area contributed by atoms with Gasteiger partial charge in [0, 0.05) is 0 Å². The normalized spacial score (nSPS) is 12.2. The van der Waals surface area contributed by atoms with E-state index in [2.05, 4.69) is 15.1 Å². The van der Waals surface area contributed by atoms with Gasteiger partial charge in [-0.3, -0.25) is 0 Å². The molecule has 0 bridgehead atoms. The number of hydrogen-bond acceptors (Lipinski definition) is 8. The lowest BCUT2D eigenvalue weighted by atomic mass is 10.2. The van der Waals surface area contributed by atoms with Crippen molar-refractivity contribution in [3.8, 4) is 5.75 Å². The Morgan fingerprint density at radius 2 is 1.84 bits per heavy atom. The van der Waals surface area contributed by atoms with Crippen LogP contribution in [0.15, 0.2) is 80.2 Å². The third kappa shape index (κ3) is 3.29. The van der Waals surface area contributed by atoms with Crippen molar-refractivity contribution < 1.29 is 13.2 Å². The fourth-order valence-electron chi connectivity index (χ4n) is 3.37. The fraction of sp³-hybridized carbons (Fsp3) is 0.0455. The van der Waals surface area contributed by atoms with E-state index in [1.165, 1.54) is 10.7 Å². The molecule has 0 spiro atoms. The zero-order chi connectivity index (χ0) is 22.3. The van der Waals surface area contributed by atoms with E-state index >= 15 is 0 Å². The van der Waals surface area contributed by atoms with E-state index in [9.17, 15) is 8.42 Å². The first-order valence-corrected chi connectivity index (χ1v) is 11.9. The van der Waals surface area contributed by atoms with Crippen LogP contribution in [-0.2, 0) is 9.84 Å². The summed E-state index contributed by atoms with van der Waals surface area (Å²) < 4.78 is 33.6. The van der Waals surface area contributed by atoms with Gasteiger partial charge in [-0.1, -0.05) is 30.3 Å². The number of ether oxygens (including phenoxy) is 1. The number of sulfone groups is 1. The van der Waals surface area contributed by atoms with Crippen LogP contribution in [0.4, 0.5) is 5.82 Å². The molecule has 3 aromatic heterocycles. The molecule has 0 aliphatic carbocycles. The predicted molar refractivity (Wildman–Crippen MR) is 125 cm³/mol. The summed E-state index contributed by atoms with van der Waals surface area (Å²) in [6, 6.07) is 17.7. The second-order valence-electron chi connectivity index (χ2n) is 6.87. The van der Waals surface area contributed by atoms with Crippen LogP contribution in [0.1, 0.15) is 5.56 Å². The molecule has 0 fully saturated rings. The number of para-hydroxylation sites is 2. The third-order valence-corrected chi connectivity index (χ3v) is 8.09. The van der Waals surface area contributed by atoms with Crippen molar-refractivity contribution in [2.24, 2.45) is 5.10 Å². The first kappa shape index (κ1) is 20.2. The van der Waals surface area contributed by atoms with Gasteiger partial charge in [-0.05, 0) is 41.3 Å². The standard InChI is InChI=1S/C22H17N5O3S2/c1-30-15-7-4-6-14(12-15)13-24-27-21(23)20(32(28,29)18-10-5-11-31-18)19-22(27)26-17-9-3-2-8-16(17)25-19/h2-13H,23H2,1H3/b24-13-. The first-order chi connectivity index (χ1) is 15.5. The Morgan fingerprint density at radius 1 is 1.06 bits per heavy atom. The molecule has 5 rings (SSSR count). The average Bonchev–Trinajstić information content (AvgIpc) is 3.43. The molecule has 0 amide bonds. The molecule has 2 aromatic carbocycles. The van der Waals surface area contributed by atoms with Crippen molar-refractivity contribution in [3.05, 3.63) is 71.6 Å². The maximum absolute atomic E-state index is 13.4. The molecule has 0 saturated carbocycles. The molecule has 0 saturated heterocycles. The number of fused-ring (bicyclic) bond motifs is 2. The number of nitrogens with zero attached hydrogens (tertiary/aromatic N) is 4. The Balaban J connectivity index is 1.78. The maximum Gasteiger partial charge on any atom is 0.221 e. The average molecular weight is 464 g/mol. The van der Waals surface area contributed by atoms with Crippen molar-refractivity contribution in [2.45, 2.75) is 9.10 Å². The van der Waals surface area contributed by atoms with E-state index in [-0.39, 0.29) is 26.1 Å². The smallest absolute Gasteiger partial charge is 0.221 e. The molecule has 0 aliphatic heterocycles. The van der Waals surface area contributed by atoms with Crippen molar-refractivity contribution in [2.75, 3.05) is 12.8 Å². The molecule has 8 nitrogen and oxygen atoms in total. The van der Waals surface area contributed by atoms with Gasteiger partial charge in [-0.15, -0.1) is 11.3 Å². The van der Waals surface area contributed by atoms with Crippen LogP contribution in [0.2, 0.25) is 0 Å². The highest BCUT2D eigenvalue weighted by molar-refractivity contribution is 7.93. The molecule has 160 valence electrons. The Kier molecular flexibility index (Phi) is 4.87. The summed E-state index contributed by atoms with van der Waals surface area (Å²) in [5.74, 6) is 0.619. The summed E-state index contributed by atoms with van der Waals surface area (Å²) in [4.78, 5) is 9.11. The molecule has 0 atom stereocenters. The molecule has 0 unspecified atom stereocenters. The van der Waals surface area contributed by atoms with Crippen LogP contribution < -0.4 is 10.5 Å². The van der Waals surface area contributed by atoms with E-state index in [4.69, 9.17) is 10.5 Å². The van der Waals surface area contributed by atoms with Gasteiger partial charge in [0.25, 0.3) is 0 Å². The molecular formula is C22H17N5O3S2. The van der Waals surface area contributed by atoms with Gasteiger partial charge in [-0.25, -0.2) is 18.4 Å². The van der Waals surface area contributed by atoms with Crippen molar-refractivity contribution in [1.29, 1.82) is 0 Å². The number of anilines is 1. The van der Waals surface area contributed by atoms with Gasteiger partial charge in [0.2, 0.25) is 9.84 Å². The number of nitrogens with two attached hydrogens (primary N) is 1. The molecular weight excluding hydrogens is 446 g/mol. The van der Waals surface area contributed by atoms with Crippen molar-refractivity contribution in [3.63, 3.8) is 0 Å². The summed E-state index contributed by atoms with van der Waals surface area (Å²) >= 11 is 1.12. The Bertz CT molecular complexity index is 1590. The monoisotopic (exact) mass is 463 g/mol. The minimum absolute atomic E-state index is 0.0529. The van der Waals surface area contributed by atoms with Crippen LogP contribution in [0.5, 0.6) is 5.75 Å². The van der Waals surface area contributed by atoms with Crippen LogP contribution in [-0.4, -0.2) is 36.4 Å². The van der Waals surface area contributed by atoms with E-state index in [0.29, 0.717) is 16.8 Å². The second-order valence-corrected chi connectivity index (χ2v) is 9.93. The highest BCUT2D eigenvalue weighted by atomic mass is 32.2. The van der Waals surface area contributed by atoms with Gasteiger partial charge >= 0.3 is 0 Å². The number of methoxy groups -OCH3 is 1. The summed E-state index contributed by atoms with van der Waals surface area (Å²) in [6.07, 6.45) is 1.57. The fourth-order valence-corrected chi connectivity index (χ4v) is 5.95. The van der Waals surface area contributed by atoms with E-state index in [1.807, 2.05) is 30.3 Å². The van der Waals surface area contributed by atoms with E-state index in [0.717, 1.165) is 16.9 Å². The van der Waals surface area contributed by atoms with Gasteiger partial charge in [-0.2, -0.15) is 9.78 Å². The highest BCUT2D eigenvalue weighted by Gasteiger charge is 2.31. The Labute approximate surface area is 187 Å². The minimum Gasteiger partial charge on any atom is -0.497 e. The zero-order valence-electron chi connectivity index (χ0n) is 16.8. The molecule has 0 aliphatic rings. The lowest BCUT2D eigenvalue weighted by Gasteiger charge is -2.03. The van der Waals surface area contributed by atoms with Crippen LogP contribution >= 0.6 is 11.3 Å². The summed E-state index contributed by atoms with van der Waals surface area (Å²) in [6.45, 7) is 0. The number of rotatable bonds is 5. The first-order valence-electron chi connectivity index (χ1n) is 9.53. The van der Waals surface area contributed by atoms with Gasteiger partial charge in [0.15, 0.2) is 5.65 Å². The molecule has 2 N–H and O–H groups in total. The maximum atomic E-state index is 13.4. The quantitative estimate of drug-likeness (QED) is 0.395. The number of aromatic nitrogens is 3. The van der Waals surface area contributed by atoms with Gasteiger partial charge < -0.3 is 10.5 Å². The lowest BCUT2D eigenvalue weighted by molar-refractivity contribution is 0.415. The minimum atomic E-state index is -3.92. The molecule has 5 aromatic rings. The van der Waals surface area contributed by atoms with Crippen molar-refractivity contribution in [1.82, 2.24) is 14.6 Å². The Hall–Kier alpha value is -3.76. The molecule has 32 heavy (non-hydrogen) atoms. The summed E-state index contributed by atoms with van der Waals surface area (Å²) in [7, 11) is -2.34. The Morgan fingerprint density at radius 3 is 2.56 bits per heavy atom. The summed E-state index contributed by atoms with van der Waals surface area (Å²) in [5.41, 5.74) is 8.72. The third-order valence-electron chi connectivity index (χ3n) is 4.87. The topological polar surface area (TPSA) is 112 Å². The van der Waals surface area contributed by atoms with Crippen LogP contribution in [0.3, 0.4) is 0 Å².